The van der Waals surface area contributed by atoms with Crippen LogP contribution in [0.25, 0.3) is 0 Å². The van der Waals surface area contributed by atoms with Crippen molar-refractivity contribution in [2.75, 3.05) is 12.0 Å². The third-order valence-electron chi connectivity index (χ3n) is 2.04. The highest BCUT2D eigenvalue weighted by Crippen LogP contribution is 2.33. The molecule has 0 aliphatic carbocycles. The summed E-state index contributed by atoms with van der Waals surface area (Å²) in [5, 5.41) is 0. The average molecular weight is 268 g/mol. The minimum absolute atomic E-state index is 0.314. The molecule has 1 heterocycles. The van der Waals surface area contributed by atoms with E-state index in [1.54, 1.807) is 0 Å². The zero-order valence-corrected chi connectivity index (χ0v) is 9.72. The summed E-state index contributed by atoms with van der Waals surface area (Å²) < 4.78 is 59.8. The van der Waals surface area contributed by atoms with Crippen LogP contribution in [0.3, 0.4) is 0 Å². The second-order valence-corrected chi connectivity index (χ2v) is 5.84. The SMILES string of the molecule is CS(=O)(=O)CC(N)c1cnccc1C(F)(F)F. The molecule has 8 heteroatoms. The molecule has 0 amide bonds. The van der Waals surface area contributed by atoms with Crippen LogP contribution >= 0.6 is 0 Å². The van der Waals surface area contributed by atoms with Crippen molar-refractivity contribution < 1.29 is 21.6 Å². The Hall–Kier alpha value is -1.15. The van der Waals surface area contributed by atoms with Crippen LogP contribution < -0.4 is 5.73 Å². The van der Waals surface area contributed by atoms with E-state index in [1.165, 1.54) is 0 Å². The van der Waals surface area contributed by atoms with Gasteiger partial charge in [-0.1, -0.05) is 0 Å². The summed E-state index contributed by atoms with van der Waals surface area (Å²) in [5.41, 5.74) is 4.19. The fraction of sp³-hybridized carbons (Fsp3) is 0.444. The third kappa shape index (κ3) is 3.97. The van der Waals surface area contributed by atoms with Gasteiger partial charge in [0, 0.05) is 30.3 Å². The van der Waals surface area contributed by atoms with Gasteiger partial charge < -0.3 is 5.73 Å². The normalized spacial score (nSPS) is 14.6. The molecule has 0 fully saturated rings. The van der Waals surface area contributed by atoms with Crippen molar-refractivity contribution in [3.8, 4) is 0 Å². The lowest BCUT2D eigenvalue weighted by atomic mass is 10.0. The first-order valence-corrected chi connectivity index (χ1v) is 6.62. The summed E-state index contributed by atoms with van der Waals surface area (Å²) >= 11 is 0. The van der Waals surface area contributed by atoms with Gasteiger partial charge in [0.15, 0.2) is 0 Å². The Bertz CT molecular complexity index is 499. The fourth-order valence-corrected chi connectivity index (χ4v) is 2.21. The van der Waals surface area contributed by atoms with Gasteiger partial charge in [0.1, 0.15) is 9.84 Å². The number of pyridine rings is 1. The number of sulfone groups is 1. The quantitative estimate of drug-likeness (QED) is 0.892. The Balaban J connectivity index is 3.14. The molecular weight excluding hydrogens is 257 g/mol. The maximum atomic E-state index is 12.6. The Morgan fingerprint density at radius 3 is 2.53 bits per heavy atom. The topological polar surface area (TPSA) is 73.0 Å². The number of alkyl halides is 3. The van der Waals surface area contributed by atoms with Crippen molar-refractivity contribution in [2.45, 2.75) is 12.2 Å². The van der Waals surface area contributed by atoms with Crippen LogP contribution in [-0.2, 0) is 16.0 Å². The van der Waals surface area contributed by atoms with Gasteiger partial charge in [-0.25, -0.2) is 8.42 Å². The van der Waals surface area contributed by atoms with E-state index in [0.29, 0.717) is 0 Å². The average Bonchev–Trinajstić information content (AvgIpc) is 2.13. The molecule has 0 bridgehead atoms. The highest BCUT2D eigenvalue weighted by Gasteiger charge is 2.35. The van der Waals surface area contributed by atoms with Crippen LogP contribution in [0.4, 0.5) is 13.2 Å². The van der Waals surface area contributed by atoms with Gasteiger partial charge in [0.25, 0.3) is 0 Å². The summed E-state index contributed by atoms with van der Waals surface area (Å²) in [6.45, 7) is 0. The summed E-state index contributed by atoms with van der Waals surface area (Å²) in [4.78, 5) is 3.54. The monoisotopic (exact) mass is 268 g/mol. The molecule has 96 valence electrons. The summed E-state index contributed by atoms with van der Waals surface area (Å²) in [6.07, 6.45) is -1.73. The predicted octanol–water partition coefficient (Wildman–Crippen LogP) is 1.14. The van der Waals surface area contributed by atoms with E-state index in [4.69, 9.17) is 5.73 Å². The van der Waals surface area contributed by atoms with Crippen molar-refractivity contribution in [2.24, 2.45) is 5.73 Å². The van der Waals surface area contributed by atoms with Gasteiger partial charge in [0.05, 0.1) is 11.3 Å². The molecule has 0 saturated carbocycles. The Morgan fingerprint density at radius 1 is 1.47 bits per heavy atom. The molecule has 0 radical (unpaired) electrons. The van der Waals surface area contributed by atoms with Gasteiger partial charge in [-0.15, -0.1) is 0 Å². The van der Waals surface area contributed by atoms with E-state index in [2.05, 4.69) is 4.98 Å². The molecule has 17 heavy (non-hydrogen) atoms. The Kier molecular flexibility index (Phi) is 3.78. The largest absolute Gasteiger partial charge is 0.416 e. The van der Waals surface area contributed by atoms with Crippen molar-refractivity contribution in [3.63, 3.8) is 0 Å². The first-order chi connectivity index (χ1) is 7.61. The molecule has 1 aromatic heterocycles. The molecular formula is C9H11F3N2O2S. The molecule has 0 saturated heterocycles. The molecule has 1 aromatic rings. The van der Waals surface area contributed by atoms with E-state index in [9.17, 15) is 21.6 Å². The van der Waals surface area contributed by atoms with Crippen molar-refractivity contribution in [1.82, 2.24) is 4.98 Å². The zero-order chi connectivity index (χ0) is 13.3. The molecule has 4 nitrogen and oxygen atoms in total. The summed E-state index contributed by atoms with van der Waals surface area (Å²) in [7, 11) is -3.45. The number of nitrogens with zero attached hydrogens (tertiary/aromatic N) is 1. The first kappa shape index (κ1) is 13.9. The Labute approximate surface area is 96.6 Å². The molecule has 0 aliphatic rings. The zero-order valence-electron chi connectivity index (χ0n) is 8.90. The van der Waals surface area contributed by atoms with Crippen LogP contribution in [0, 0.1) is 0 Å². The van der Waals surface area contributed by atoms with Gasteiger partial charge in [0.2, 0.25) is 0 Å². The van der Waals surface area contributed by atoms with Gasteiger partial charge >= 0.3 is 6.18 Å². The van der Waals surface area contributed by atoms with E-state index >= 15 is 0 Å². The van der Waals surface area contributed by atoms with Gasteiger partial charge in [-0.3, -0.25) is 4.98 Å². The molecule has 0 aliphatic heterocycles. The maximum Gasteiger partial charge on any atom is 0.416 e. The van der Waals surface area contributed by atoms with Crippen molar-refractivity contribution >= 4 is 9.84 Å². The molecule has 2 N–H and O–H groups in total. The van der Waals surface area contributed by atoms with E-state index in [1.807, 2.05) is 0 Å². The first-order valence-electron chi connectivity index (χ1n) is 4.55. The van der Waals surface area contributed by atoms with Crippen LogP contribution in [0.2, 0.25) is 0 Å². The number of nitrogens with two attached hydrogens (primary N) is 1. The second-order valence-electron chi connectivity index (χ2n) is 3.66. The summed E-state index contributed by atoms with van der Waals surface area (Å²) in [6, 6.07) is -0.465. The lowest BCUT2D eigenvalue weighted by Crippen LogP contribution is -2.24. The number of hydrogen-bond donors (Lipinski definition) is 1. The molecule has 1 atom stereocenters. The number of hydrogen-bond acceptors (Lipinski definition) is 4. The lowest BCUT2D eigenvalue weighted by Gasteiger charge is -2.16. The predicted molar refractivity (Wildman–Crippen MR) is 55.9 cm³/mol. The highest BCUT2D eigenvalue weighted by atomic mass is 32.2. The lowest BCUT2D eigenvalue weighted by molar-refractivity contribution is -0.138. The fourth-order valence-electron chi connectivity index (χ4n) is 1.38. The van der Waals surface area contributed by atoms with E-state index < -0.39 is 33.4 Å². The van der Waals surface area contributed by atoms with Crippen molar-refractivity contribution in [3.05, 3.63) is 29.6 Å². The number of rotatable bonds is 3. The van der Waals surface area contributed by atoms with Crippen LogP contribution in [0.1, 0.15) is 17.2 Å². The Morgan fingerprint density at radius 2 is 2.06 bits per heavy atom. The number of halogens is 3. The third-order valence-corrected chi connectivity index (χ3v) is 3.00. The highest BCUT2D eigenvalue weighted by molar-refractivity contribution is 7.90. The van der Waals surface area contributed by atoms with Crippen LogP contribution in [-0.4, -0.2) is 25.4 Å². The minimum Gasteiger partial charge on any atom is -0.323 e. The molecule has 0 spiro atoms. The smallest absolute Gasteiger partial charge is 0.323 e. The summed E-state index contributed by atoms with van der Waals surface area (Å²) in [5.74, 6) is -0.554. The van der Waals surface area contributed by atoms with E-state index in [-0.39, 0.29) is 5.56 Å². The standard InChI is InChI=1S/C9H11F3N2O2S/c1-17(15,16)5-8(13)6-4-14-3-2-7(6)9(10,11)12/h2-4,8H,5,13H2,1H3. The second kappa shape index (κ2) is 4.61. The maximum absolute atomic E-state index is 12.6. The minimum atomic E-state index is -4.58. The number of aromatic nitrogens is 1. The van der Waals surface area contributed by atoms with Crippen molar-refractivity contribution in [1.29, 1.82) is 0 Å². The van der Waals surface area contributed by atoms with E-state index in [0.717, 1.165) is 24.7 Å². The molecule has 1 rings (SSSR count). The van der Waals surface area contributed by atoms with Gasteiger partial charge in [-0.05, 0) is 6.07 Å². The molecule has 1 unspecified atom stereocenters. The van der Waals surface area contributed by atoms with Gasteiger partial charge in [-0.2, -0.15) is 13.2 Å². The van der Waals surface area contributed by atoms with Crippen LogP contribution in [0.15, 0.2) is 18.5 Å². The molecule has 0 aromatic carbocycles. The van der Waals surface area contributed by atoms with Crippen LogP contribution in [0.5, 0.6) is 0 Å².